The van der Waals surface area contributed by atoms with Crippen LogP contribution in [0.1, 0.15) is 25.7 Å². The first-order chi connectivity index (χ1) is 20.6. The molecule has 0 rings (SSSR count). The molecule has 0 atom stereocenters. The second kappa shape index (κ2) is 18.6. The average Bonchev–Trinajstić information content (AvgIpc) is 3.00. The number of hydrogen-bond donors (Lipinski definition) is 0. The summed E-state index contributed by atoms with van der Waals surface area (Å²) in [6.07, 6.45) is -2.66. The van der Waals surface area contributed by atoms with Crippen molar-refractivity contribution in [2.75, 3.05) is 49.4 Å². The van der Waals surface area contributed by atoms with Crippen LogP contribution in [0.3, 0.4) is 0 Å². The van der Waals surface area contributed by atoms with Gasteiger partial charge >= 0.3 is 23.9 Å². The van der Waals surface area contributed by atoms with Crippen molar-refractivity contribution in [3.05, 3.63) is 47.9 Å². The van der Waals surface area contributed by atoms with Crippen molar-refractivity contribution in [1.29, 1.82) is 0 Å². The smallest absolute Gasteiger partial charge is 0.306 e. The van der Waals surface area contributed by atoms with Gasteiger partial charge in [-0.2, -0.15) is 0 Å². The normalized spacial score (nSPS) is 12.3. The van der Waals surface area contributed by atoms with Gasteiger partial charge in [0.15, 0.2) is 39.3 Å². The molecule has 0 saturated heterocycles. The molecule has 45 heavy (non-hydrogen) atoms. The van der Waals surface area contributed by atoms with Crippen LogP contribution in [0, 0.1) is 5.41 Å². The van der Waals surface area contributed by atoms with Gasteiger partial charge in [-0.25, -0.2) is 33.7 Å². The Morgan fingerprint density at radius 2 is 0.600 bits per heavy atom. The number of rotatable bonds is 24. The van der Waals surface area contributed by atoms with Crippen LogP contribution in [-0.2, 0) is 77.5 Å². The first-order valence-corrected chi connectivity index (χ1v) is 19.5. The van der Waals surface area contributed by atoms with Crippen molar-refractivity contribution in [3.8, 4) is 0 Å². The van der Waals surface area contributed by atoms with Crippen LogP contribution in [-0.4, -0.2) is 107 Å². The van der Waals surface area contributed by atoms with Gasteiger partial charge in [-0.05, 0) is 0 Å². The van der Waals surface area contributed by atoms with Crippen LogP contribution in [0.2, 0.25) is 0 Å². The lowest BCUT2D eigenvalue weighted by atomic mass is 9.92. The standard InChI is InChI=1S/C25H36O16S4/c1-5-42(30,31)13-9-21(26)38-17-25(18-39-22(27)10-14-43(32,33)6-2,19-40-23(28)11-15-44(34,35)7-3)20-41-24(29)12-16-45(36,37)8-4/h5-8H,1-4,9-20H2. The van der Waals surface area contributed by atoms with Crippen molar-refractivity contribution >= 4 is 63.2 Å². The zero-order valence-electron chi connectivity index (χ0n) is 24.3. The summed E-state index contributed by atoms with van der Waals surface area (Å²) >= 11 is 0. The van der Waals surface area contributed by atoms with Crippen LogP contribution >= 0.6 is 0 Å². The van der Waals surface area contributed by atoms with Gasteiger partial charge in [0.25, 0.3) is 0 Å². The highest BCUT2D eigenvalue weighted by Gasteiger charge is 2.38. The maximum Gasteiger partial charge on any atom is 0.306 e. The fourth-order valence-electron chi connectivity index (χ4n) is 2.71. The van der Waals surface area contributed by atoms with Crippen LogP contribution in [0.4, 0.5) is 0 Å². The number of ether oxygens (including phenoxy) is 4. The summed E-state index contributed by atoms with van der Waals surface area (Å²) < 4.78 is 114. The Morgan fingerprint density at radius 1 is 0.422 bits per heavy atom. The second-order valence-electron chi connectivity index (χ2n) is 9.28. The van der Waals surface area contributed by atoms with Gasteiger partial charge in [0.05, 0.1) is 48.7 Å². The zero-order chi connectivity index (χ0) is 35.0. The highest BCUT2D eigenvalue weighted by molar-refractivity contribution is 7.95. The number of carbonyl (C=O) groups excluding carboxylic acids is 4. The molecule has 0 N–H and O–H groups in total. The minimum absolute atomic E-state index is 0.620. The molecule has 0 heterocycles. The van der Waals surface area contributed by atoms with Crippen LogP contribution in [0.15, 0.2) is 47.9 Å². The molecule has 16 nitrogen and oxygen atoms in total. The van der Waals surface area contributed by atoms with Crippen molar-refractivity contribution in [3.63, 3.8) is 0 Å². The summed E-state index contributed by atoms with van der Waals surface area (Å²) in [6, 6.07) is 0. The number of esters is 4. The highest BCUT2D eigenvalue weighted by atomic mass is 32.2. The molecule has 0 fully saturated rings. The third-order valence-electron chi connectivity index (χ3n) is 5.54. The molecule has 0 aromatic rings. The van der Waals surface area contributed by atoms with E-state index in [-0.39, 0.29) is 0 Å². The average molecular weight is 721 g/mol. The Balaban J connectivity index is 6.13. The minimum atomic E-state index is -3.81. The lowest BCUT2D eigenvalue weighted by Crippen LogP contribution is -2.44. The largest absolute Gasteiger partial charge is 0.465 e. The van der Waals surface area contributed by atoms with Gasteiger partial charge in [-0.3, -0.25) is 19.2 Å². The molecule has 0 amide bonds. The Bertz CT molecular complexity index is 1320. The fourth-order valence-corrected chi connectivity index (χ4v) is 5.18. The first kappa shape index (κ1) is 41.6. The van der Waals surface area contributed by atoms with Gasteiger partial charge in [-0.1, -0.05) is 26.3 Å². The SMILES string of the molecule is C=CS(=O)(=O)CCC(=O)OCC(COC(=O)CCS(=O)(=O)C=C)(COC(=O)CCS(=O)(=O)C=C)COC(=O)CCS(=O)(=O)C=C. The Hall–Kier alpha value is -3.36. The van der Waals surface area contributed by atoms with E-state index >= 15 is 0 Å². The Labute approximate surface area is 262 Å². The van der Waals surface area contributed by atoms with Crippen molar-refractivity contribution in [1.82, 2.24) is 0 Å². The molecule has 0 bridgehead atoms. The second-order valence-corrected chi connectivity index (χ2v) is 17.5. The van der Waals surface area contributed by atoms with E-state index in [1.54, 1.807) is 0 Å². The number of hydrogen-bond acceptors (Lipinski definition) is 16. The van der Waals surface area contributed by atoms with Gasteiger partial charge < -0.3 is 18.9 Å². The monoisotopic (exact) mass is 720 g/mol. The predicted molar refractivity (Wildman–Crippen MR) is 161 cm³/mol. The van der Waals surface area contributed by atoms with E-state index in [1.807, 2.05) is 0 Å². The molecule has 0 saturated carbocycles. The quantitative estimate of drug-likeness (QED) is 0.0936. The van der Waals surface area contributed by atoms with E-state index in [0.29, 0.717) is 21.6 Å². The number of carbonyl (C=O) groups is 4. The molecule has 0 unspecified atom stereocenters. The minimum Gasteiger partial charge on any atom is -0.465 e. The number of sulfone groups is 4. The summed E-state index contributed by atoms with van der Waals surface area (Å²) in [4.78, 5) is 49.3. The Morgan fingerprint density at radius 3 is 0.756 bits per heavy atom. The van der Waals surface area contributed by atoms with Gasteiger partial charge in [0, 0.05) is 21.6 Å². The highest BCUT2D eigenvalue weighted by Crippen LogP contribution is 2.23. The summed E-state index contributed by atoms with van der Waals surface area (Å²) in [5.74, 6) is -7.13. The summed E-state index contributed by atoms with van der Waals surface area (Å²) in [5, 5.41) is 2.48. The van der Waals surface area contributed by atoms with Crippen molar-refractivity contribution < 1.29 is 71.8 Å². The van der Waals surface area contributed by atoms with E-state index in [1.165, 1.54) is 0 Å². The van der Waals surface area contributed by atoms with Crippen LogP contribution in [0.25, 0.3) is 0 Å². The van der Waals surface area contributed by atoms with E-state index in [4.69, 9.17) is 18.9 Å². The lowest BCUT2D eigenvalue weighted by molar-refractivity contribution is -0.170. The molecule has 0 aliphatic rings. The maximum atomic E-state index is 12.3. The molecule has 256 valence electrons. The van der Waals surface area contributed by atoms with E-state index in [0.717, 1.165) is 0 Å². The summed E-state index contributed by atoms with van der Waals surface area (Å²) in [6.45, 7) is 9.09. The Kier molecular flexibility index (Phi) is 17.2. The topological polar surface area (TPSA) is 242 Å². The molecule has 20 heteroatoms. The zero-order valence-corrected chi connectivity index (χ0v) is 27.6. The molecular weight excluding hydrogens is 685 g/mol. The van der Waals surface area contributed by atoms with Crippen molar-refractivity contribution in [2.45, 2.75) is 25.7 Å². The summed E-state index contributed by atoms with van der Waals surface area (Å²) in [7, 11) is -15.2. The first-order valence-electron chi connectivity index (χ1n) is 12.7. The van der Waals surface area contributed by atoms with Crippen molar-refractivity contribution in [2.24, 2.45) is 5.41 Å². The molecule has 0 radical (unpaired) electrons. The van der Waals surface area contributed by atoms with Gasteiger partial charge in [0.1, 0.15) is 31.8 Å². The maximum absolute atomic E-state index is 12.3. The third kappa shape index (κ3) is 18.9. The molecule has 0 aromatic carbocycles. The molecule has 0 aromatic heterocycles. The lowest BCUT2D eigenvalue weighted by Gasteiger charge is -2.31. The van der Waals surface area contributed by atoms with E-state index in [2.05, 4.69) is 26.3 Å². The van der Waals surface area contributed by atoms with Gasteiger partial charge in [-0.15, -0.1) is 0 Å². The van der Waals surface area contributed by atoms with Crippen LogP contribution in [0.5, 0.6) is 0 Å². The fraction of sp³-hybridized carbons (Fsp3) is 0.520. The third-order valence-corrected chi connectivity index (χ3v) is 10.7. The molecule has 0 aliphatic heterocycles. The van der Waals surface area contributed by atoms with E-state index < -0.39 is 144 Å². The van der Waals surface area contributed by atoms with Gasteiger partial charge in [0.2, 0.25) is 0 Å². The predicted octanol–water partition coefficient (Wildman–Crippen LogP) is -0.0608. The van der Waals surface area contributed by atoms with E-state index in [9.17, 15) is 52.8 Å². The molecular formula is C25H36O16S4. The molecule has 0 aliphatic carbocycles. The summed E-state index contributed by atoms with van der Waals surface area (Å²) in [5.41, 5.74) is -1.92. The molecule has 0 spiro atoms. The van der Waals surface area contributed by atoms with Crippen LogP contribution < -0.4 is 0 Å².